The van der Waals surface area contributed by atoms with E-state index in [1.165, 1.54) is 0 Å². The van der Waals surface area contributed by atoms with E-state index >= 15 is 0 Å². The lowest BCUT2D eigenvalue weighted by atomic mass is 10.4. The van der Waals surface area contributed by atoms with Gasteiger partial charge < -0.3 is 24.1 Å². The number of rotatable bonds is 14. The van der Waals surface area contributed by atoms with E-state index < -0.39 is 0 Å². The Morgan fingerprint density at radius 3 is 1.94 bits per heavy atom. The van der Waals surface area contributed by atoms with Gasteiger partial charge in [0, 0.05) is 0 Å². The second-order valence-corrected chi connectivity index (χ2v) is 3.33. The molecule has 0 heterocycles. The molecular weight excluding hydrogens is 236 g/mol. The monoisotopic (exact) mass is 260 g/mol. The van der Waals surface area contributed by atoms with Crippen LogP contribution in [0.1, 0.15) is 6.42 Å². The molecule has 0 fully saturated rings. The summed E-state index contributed by atoms with van der Waals surface area (Å²) in [7, 11) is 0. The zero-order valence-electron chi connectivity index (χ0n) is 10.9. The van der Waals surface area contributed by atoms with Crippen molar-refractivity contribution in [2.24, 2.45) is 0 Å². The van der Waals surface area contributed by atoms with Gasteiger partial charge in [0.15, 0.2) is 0 Å². The van der Waals surface area contributed by atoms with Crippen LogP contribution in [0.15, 0.2) is 25.0 Å². The second-order valence-electron chi connectivity index (χ2n) is 3.33. The Morgan fingerprint density at radius 2 is 1.39 bits per heavy atom. The van der Waals surface area contributed by atoms with Gasteiger partial charge in [-0.2, -0.15) is 0 Å². The first-order valence-electron chi connectivity index (χ1n) is 6.13. The van der Waals surface area contributed by atoms with E-state index in [9.17, 15) is 0 Å². The molecule has 0 aromatic rings. The molecule has 0 atom stereocenters. The normalized spacial score (nSPS) is 10.9. The molecule has 5 nitrogen and oxygen atoms in total. The van der Waals surface area contributed by atoms with Crippen LogP contribution in [-0.2, 0) is 18.9 Å². The number of ether oxygens (including phenoxy) is 4. The fraction of sp³-hybridized carbons (Fsp3) is 0.692. The van der Waals surface area contributed by atoms with E-state index in [4.69, 9.17) is 24.1 Å². The van der Waals surface area contributed by atoms with Crippen molar-refractivity contribution in [3.05, 3.63) is 25.0 Å². The molecule has 0 aliphatic heterocycles. The maximum absolute atomic E-state index is 8.45. The summed E-state index contributed by atoms with van der Waals surface area (Å²) in [5.74, 6) is 0. The molecule has 0 aromatic heterocycles. The predicted molar refractivity (Wildman–Crippen MR) is 69.4 cm³/mol. The first kappa shape index (κ1) is 17.1. The minimum absolute atomic E-state index is 0.0460. The van der Waals surface area contributed by atoms with Crippen molar-refractivity contribution in [3.63, 3.8) is 0 Å². The Labute approximate surface area is 109 Å². The summed E-state index contributed by atoms with van der Waals surface area (Å²) in [6, 6.07) is 0. The lowest BCUT2D eigenvalue weighted by Crippen LogP contribution is -2.12. The van der Waals surface area contributed by atoms with Gasteiger partial charge in [0.2, 0.25) is 0 Å². The minimum Gasteiger partial charge on any atom is -0.499 e. The van der Waals surface area contributed by atoms with Crippen molar-refractivity contribution < 1.29 is 24.1 Å². The Balaban J connectivity index is 2.96. The van der Waals surface area contributed by atoms with Gasteiger partial charge in [0.25, 0.3) is 0 Å². The van der Waals surface area contributed by atoms with E-state index in [0.29, 0.717) is 46.2 Å². The third-order valence-electron chi connectivity index (χ3n) is 1.82. The van der Waals surface area contributed by atoms with Crippen molar-refractivity contribution >= 4 is 0 Å². The summed E-state index contributed by atoms with van der Waals surface area (Å²) in [5.41, 5.74) is 0. The molecule has 0 amide bonds. The average molecular weight is 260 g/mol. The Hall–Kier alpha value is -0.880. The van der Waals surface area contributed by atoms with Crippen LogP contribution in [-0.4, -0.2) is 58.0 Å². The molecule has 0 rings (SSSR count). The van der Waals surface area contributed by atoms with Crippen molar-refractivity contribution in [3.8, 4) is 0 Å². The van der Waals surface area contributed by atoms with E-state index in [2.05, 4.69) is 6.58 Å². The summed E-state index contributed by atoms with van der Waals surface area (Å²) in [4.78, 5) is 0. The molecule has 0 unspecified atom stereocenters. The topological polar surface area (TPSA) is 57.2 Å². The standard InChI is InChI=1S/C13H24O5/c1-2-3-4-6-15-8-10-17-12-13-18-11-9-16-7-5-14/h2,4,6,14H,1,3,5,7-13H2. The molecule has 18 heavy (non-hydrogen) atoms. The van der Waals surface area contributed by atoms with Gasteiger partial charge in [-0.25, -0.2) is 0 Å². The van der Waals surface area contributed by atoms with Gasteiger partial charge in [-0.3, -0.25) is 0 Å². The highest BCUT2D eigenvalue weighted by molar-refractivity contribution is 4.83. The van der Waals surface area contributed by atoms with E-state index in [-0.39, 0.29) is 6.61 Å². The molecule has 0 aliphatic carbocycles. The lowest BCUT2D eigenvalue weighted by molar-refractivity contribution is 0.00134. The highest BCUT2D eigenvalue weighted by Gasteiger charge is 1.91. The smallest absolute Gasteiger partial charge is 0.111 e. The van der Waals surface area contributed by atoms with Crippen molar-refractivity contribution in [1.29, 1.82) is 0 Å². The molecular formula is C13H24O5. The van der Waals surface area contributed by atoms with Gasteiger partial charge in [0.05, 0.1) is 52.5 Å². The summed E-state index contributed by atoms with van der Waals surface area (Å²) >= 11 is 0. The van der Waals surface area contributed by atoms with Crippen LogP contribution in [0, 0.1) is 0 Å². The maximum atomic E-state index is 8.45. The van der Waals surface area contributed by atoms with Crippen LogP contribution < -0.4 is 0 Å². The molecule has 0 spiro atoms. The van der Waals surface area contributed by atoms with Gasteiger partial charge in [0.1, 0.15) is 6.61 Å². The van der Waals surface area contributed by atoms with Crippen LogP contribution in [0.5, 0.6) is 0 Å². The molecule has 0 bridgehead atoms. The van der Waals surface area contributed by atoms with E-state index in [1.54, 1.807) is 12.3 Å². The second kappa shape index (κ2) is 16.1. The average Bonchev–Trinajstić information content (AvgIpc) is 2.39. The van der Waals surface area contributed by atoms with Crippen molar-refractivity contribution in [2.75, 3.05) is 52.9 Å². The molecule has 5 heteroatoms. The number of aliphatic hydroxyl groups is 1. The highest BCUT2D eigenvalue weighted by Crippen LogP contribution is 1.86. The highest BCUT2D eigenvalue weighted by atomic mass is 16.6. The number of hydrogen-bond acceptors (Lipinski definition) is 5. The van der Waals surface area contributed by atoms with Crippen LogP contribution in [0.25, 0.3) is 0 Å². The first-order valence-corrected chi connectivity index (χ1v) is 6.13. The van der Waals surface area contributed by atoms with Gasteiger partial charge in [-0.1, -0.05) is 6.08 Å². The van der Waals surface area contributed by atoms with Crippen LogP contribution in [0.2, 0.25) is 0 Å². The van der Waals surface area contributed by atoms with Crippen molar-refractivity contribution in [1.82, 2.24) is 0 Å². The largest absolute Gasteiger partial charge is 0.499 e. The summed E-state index contributed by atoms with van der Waals surface area (Å²) in [6.07, 6.45) is 6.16. The van der Waals surface area contributed by atoms with Gasteiger partial charge in [-0.15, -0.1) is 6.58 Å². The lowest BCUT2D eigenvalue weighted by Gasteiger charge is -2.06. The minimum atomic E-state index is 0.0460. The quantitative estimate of drug-likeness (QED) is 0.288. The van der Waals surface area contributed by atoms with Gasteiger partial charge >= 0.3 is 0 Å². The van der Waals surface area contributed by atoms with Gasteiger partial charge in [-0.05, 0) is 12.5 Å². The SMILES string of the molecule is C=CCC=COCCOCCOCCOCCO. The fourth-order valence-corrected chi connectivity index (χ4v) is 1.00. The Morgan fingerprint density at radius 1 is 0.833 bits per heavy atom. The molecule has 0 saturated heterocycles. The summed E-state index contributed by atoms with van der Waals surface area (Å²) in [6.45, 7) is 7.17. The molecule has 0 aliphatic rings. The molecule has 0 aromatic carbocycles. The third-order valence-corrected chi connectivity index (χ3v) is 1.82. The first-order chi connectivity index (χ1) is 8.91. The van der Waals surface area contributed by atoms with Crippen molar-refractivity contribution in [2.45, 2.75) is 6.42 Å². The molecule has 0 radical (unpaired) electrons. The van der Waals surface area contributed by atoms with Crippen LogP contribution >= 0.6 is 0 Å². The number of hydrogen-bond donors (Lipinski definition) is 1. The zero-order chi connectivity index (χ0) is 13.3. The van der Waals surface area contributed by atoms with Crippen LogP contribution in [0.3, 0.4) is 0 Å². The fourth-order valence-electron chi connectivity index (χ4n) is 1.00. The predicted octanol–water partition coefficient (Wildman–Crippen LogP) is 1.13. The summed E-state index contributed by atoms with van der Waals surface area (Å²) < 4.78 is 20.7. The number of allylic oxidation sites excluding steroid dienone is 2. The molecule has 106 valence electrons. The third kappa shape index (κ3) is 15.1. The van der Waals surface area contributed by atoms with Crippen LogP contribution in [0.4, 0.5) is 0 Å². The molecule has 1 N–H and O–H groups in total. The maximum Gasteiger partial charge on any atom is 0.111 e. The van der Waals surface area contributed by atoms with E-state index in [1.807, 2.05) is 6.08 Å². The zero-order valence-corrected chi connectivity index (χ0v) is 10.9. The van der Waals surface area contributed by atoms with E-state index in [0.717, 1.165) is 6.42 Å². The summed E-state index contributed by atoms with van der Waals surface area (Å²) in [5, 5.41) is 8.45. The Bertz CT molecular complexity index is 194. The number of aliphatic hydroxyl groups excluding tert-OH is 1. The molecule has 0 saturated carbocycles. The Kier molecular flexibility index (Phi) is 15.3.